The third kappa shape index (κ3) is 4.59. The molecule has 1 aromatic rings. The average Bonchev–Trinajstić information content (AvgIpc) is 2.43. The Hall–Kier alpha value is -0.790. The van der Waals surface area contributed by atoms with Gasteiger partial charge in [-0.25, -0.2) is 4.98 Å². The molecule has 1 heterocycles. The number of rotatable bonds is 2. The number of nitrogens with zero attached hydrogens (tertiary/aromatic N) is 1. The molecule has 0 aliphatic rings. The summed E-state index contributed by atoms with van der Waals surface area (Å²) in [5.41, 5.74) is 0. The molecule has 0 unspecified atom stereocenters. The molecule has 1 rings (SSSR count). The standard InChI is InChI=1S/C7H12N2.C2H6/c1-6(2)5-7-8-3-4-9-7;1-2/h3-4,6H,5H2,1-2H3,(H,8,9);1-2H3. The quantitative estimate of drug-likeness (QED) is 0.697. The second-order valence-corrected chi connectivity index (χ2v) is 2.63. The molecule has 0 aliphatic carbocycles. The van der Waals surface area contributed by atoms with Crippen LogP contribution in [0.5, 0.6) is 0 Å². The summed E-state index contributed by atoms with van der Waals surface area (Å²) in [7, 11) is 0. The van der Waals surface area contributed by atoms with Gasteiger partial charge in [-0.05, 0) is 5.92 Å². The van der Waals surface area contributed by atoms with E-state index in [1.54, 1.807) is 6.20 Å². The zero-order chi connectivity index (χ0) is 8.69. The van der Waals surface area contributed by atoms with Crippen molar-refractivity contribution in [2.24, 2.45) is 5.92 Å². The van der Waals surface area contributed by atoms with Crippen LogP contribution >= 0.6 is 0 Å². The summed E-state index contributed by atoms with van der Waals surface area (Å²) in [6, 6.07) is 0. The number of aromatic nitrogens is 2. The largest absolute Gasteiger partial charge is 0.349 e. The summed E-state index contributed by atoms with van der Waals surface area (Å²) in [6.45, 7) is 8.37. The van der Waals surface area contributed by atoms with Crippen LogP contribution < -0.4 is 0 Å². The van der Waals surface area contributed by atoms with Crippen LogP contribution in [0.1, 0.15) is 33.5 Å². The number of imidazole rings is 1. The van der Waals surface area contributed by atoms with Crippen molar-refractivity contribution < 1.29 is 0 Å². The van der Waals surface area contributed by atoms with E-state index in [0.29, 0.717) is 5.92 Å². The van der Waals surface area contributed by atoms with Crippen LogP contribution in [0.15, 0.2) is 12.4 Å². The van der Waals surface area contributed by atoms with E-state index >= 15 is 0 Å². The Kier molecular flexibility index (Phi) is 5.53. The molecular formula is C9H18N2. The van der Waals surface area contributed by atoms with E-state index in [-0.39, 0.29) is 0 Å². The van der Waals surface area contributed by atoms with Gasteiger partial charge in [0.15, 0.2) is 0 Å². The maximum atomic E-state index is 4.10. The summed E-state index contributed by atoms with van der Waals surface area (Å²) >= 11 is 0. The number of hydrogen-bond donors (Lipinski definition) is 1. The van der Waals surface area contributed by atoms with Crippen LogP contribution in [-0.4, -0.2) is 9.97 Å². The Morgan fingerprint density at radius 2 is 2.09 bits per heavy atom. The molecular weight excluding hydrogens is 136 g/mol. The smallest absolute Gasteiger partial charge is 0.106 e. The second kappa shape index (κ2) is 5.96. The molecule has 11 heavy (non-hydrogen) atoms. The first-order valence-corrected chi connectivity index (χ1v) is 4.27. The monoisotopic (exact) mass is 154 g/mol. The maximum absolute atomic E-state index is 4.10. The lowest BCUT2D eigenvalue weighted by Crippen LogP contribution is -1.95. The number of hydrogen-bond acceptors (Lipinski definition) is 1. The van der Waals surface area contributed by atoms with Crippen molar-refractivity contribution in [1.82, 2.24) is 9.97 Å². The average molecular weight is 154 g/mol. The molecule has 64 valence electrons. The lowest BCUT2D eigenvalue weighted by molar-refractivity contribution is 0.626. The Balaban J connectivity index is 0.000000461. The van der Waals surface area contributed by atoms with Crippen molar-refractivity contribution in [3.63, 3.8) is 0 Å². The molecule has 2 nitrogen and oxygen atoms in total. The molecule has 2 heteroatoms. The third-order valence-corrected chi connectivity index (χ3v) is 1.16. The van der Waals surface area contributed by atoms with E-state index in [1.807, 2.05) is 20.0 Å². The molecule has 0 saturated carbocycles. The fourth-order valence-electron chi connectivity index (χ4n) is 0.796. The number of aromatic amines is 1. The van der Waals surface area contributed by atoms with Crippen molar-refractivity contribution in [3.05, 3.63) is 18.2 Å². The van der Waals surface area contributed by atoms with Gasteiger partial charge in [-0.2, -0.15) is 0 Å². The predicted molar refractivity (Wildman–Crippen MR) is 48.5 cm³/mol. The fourth-order valence-corrected chi connectivity index (χ4v) is 0.796. The lowest BCUT2D eigenvalue weighted by atomic mass is 10.1. The molecule has 0 aromatic carbocycles. The lowest BCUT2D eigenvalue weighted by Gasteiger charge is -1.98. The van der Waals surface area contributed by atoms with Gasteiger partial charge in [0.05, 0.1) is 0 Å². The highest BCUT2D eigenvalue weighted by atomic mass is 14.9. The molecule has 1 aromatic heterocycles. The van der Waals surface area contributed by atoms with Gasteiger partial charge < -0.3 is 4.98 Å². The molecule has 0 saturated heterocycles. The SMILES string of the molecule is CC.CC(C)Cc1ncc[nH]1. The van der Waals surface area contributed by atoms with Gasteiger partial charge in [-0.3, -0.25) is 0 Å². The van der Waals surface area contributed by atoms with Crippen LogP contribution in [-0.2, 0) is 6.42 Å². The minimum Gasteiger partial charge on any atom is -0.349 e. The summed E-state index contributed by atoms with van der Waals surface area (Å²) in [5.74, 6) is 1.78. The first-order valence-electron chi connectivity index (χ1n) is 4.27. The van der Waals surface area contributed by atoms with Crippen LogP contribution in [0.3, 0.4) is 0 Å². The molecule has 0 spiro atoms. The van der Waals surface area contributed by atoms with Gasteiger partial charge in [0.2, 0.25) is 0 Å². The molecule has 1 N–H and O–H groups in total. The van der Waals surface area contributed by atoms with Crippen LogP contribution in [0.25, 0.3) is 0 Å². The Morgan fingerprint density at radius 3 is 2.45 bits per heavy atom. The van der Waals surface area contributed by atoms with Crippen LogP contribution in [0, 0.1) is 5.92 Å². The van der Waals surface area contributed by atoms with Crippen LogP contribution in [0.4, 0.5) is 0 Å². The minimum absolute atomic E-state index is 0.691. The second-order valence-electron chi connectivity index (χ2n) is 2.63. The minimum atomic E-state index is 0.691. The van der Waals surface area contributed by atoms with Gasteiger partial charge in [0.1, 0.15) is 5.82 Å². The van der Waals surface area contributed by atoms with E-state index in [1.165, 1.54) is 0 Å². The molecule has 0 radical (unpaired) electrons. The van der Waals surface area contributed by atoms with Gasteiger partial charge in [0.25, 0.3) is 0 Å². The molecule has 0 bridgehead atoms. The molecule has 0 fully saturated rings. The normalized spacial score (nSPS) is 9.18. The number of H-pyrrole nitrogens is 1. The van der Waals surface area contributed by atoms with Gasteiger partial charge >= 0.3 is 0 Å². The van der Waals surface area contributed by atoms with Gasteiger partial charge in [-0.15, -0.1) is 0 Å². The third-order valence-electron chi connectivity index (χ3n) is 1.16. The van der Waals surface area contributed by atoms with Gasteiger partial charge in [0, 0.05) is 18.8 Å². The van der Waals surface area contributed by atoms with E-state index in [4.69, 9.17) is 0 Å². The van der Waals surface area contributed by atoms with Crippen LogP contribution in [0.2, 0.25) is 0 Å². The van der Waals surface area contributed by atoms with E-state index in [0.717, 1.165) is 12.2 Å². The zero-order valence-corrected chi connectivity index (χ0v) is 7.89. The zero-order valence-electron chi connectivity index (χ0n) is 7.89. The Labute approximate surface area is 69.1 Å². The van der Waals surface area contributed by atoms with Gasteiger partial charge in [-0.1, -0.05) is 27.7 Å². The highest BCUT2D eigenvalue weighted by Gasteiger charge is 1.96. The van der Waals surface area contributed by atoms with Crippen molar-refractivity contribution in [2.45, 2.75) is 34.1 Å². The first-order chi connectivity index (χ1) is 5.29. The van der Waals surface area contributed by atoms with E-state index in [2.05, 4.69) is 23.8 Å². The topological polar surface area (TPSA) is 28.7 Å². The predicted octanol–water partition coefficient (Wildman–Crippen LogP) is 2.63. The summed E-state index contributed by atoms with van der Waals surface area (Å²) in [5, 5.41) is 0. The summed E-state index contributed by atoms with van der Waals surface area (Å²) in [4.78, 5) is 7.16. The summed E-state index contributed by atoms with van der Waals surface area (Å²) in [6.07, 6.45) is 4.70. The van der Waals surface area contributed by atoms with E-state index in [9.17, 15) is 0 Å². The Morgan fingerprint density at radius 1 is 1.45 bits per heavy atom. The van der Waals surface area contributed by atoms with Crippen molar-refractivity contribution in [1.29, 1.82) is 0 Å². The molecule has 0 atom stereocenters. The fraction of sp³-hybridized carbons (Fsp3) is 0.667. The Bertz CT molecular complexity index is 154. The molecule has 0 amide bonds. The molecule has 0 aliphatic heterocycles. The maximum Gasteiger partial charge on any atom is 0.106 e. The summed E-state index contributed by atoms with van der Waals surface area (Å²) < 4.78 is 0. The highest BCUT2D eigenvalue weighted by molar-refractivity contribution is 4.87. The first kappa shape index (κ1) is 10.2. The van der Waals surface area contributed by atoms with E-state index < -0.39 is 0 Å². The van der Waals surface area contributed by atoms with Crippen molar-refractivity contribution in [3.8, 4) is 0 Å². The number of nitrogens with one attached hydrogen (secondary N) is 1. The highest BCUT2D eigenvalue weighted by Crippen LogP contribution is 2.00. The van der Waals surface area contributed by atoms with Crippen molar-refractivity contribution in [2.75, 3.05) is 0 Å². The van der Waals surface area contributed by atoms with Crippen molar-refractivity contribution >= 4 is 0 Å².